The number of benzene rings is 1. The first kappa shape index (κ1) is 18.7. The Bertz CT molecular complexity index is 641. The molecule has 2 heterocycles. The summed E-state index contributed by atoms with van der Waals surface area (Å²) in [6, 6.07) is 9.65. The van der Waals surface area contributed by atoms with Gasteiger partial charge in [-0.05, 0) is 43.5 Å². The summed E-state index contributed by atoms with van der Waals surface area (Å²) >= 11 is 0. The topological polar surface area (TPSA) is 76.8 Å². The molecule has 0 aromatic heterocycles. The highest BCUT2D eigenvalue weighted by Crippen LogP contribution is 2.30. The van der Waals surface area contributed by atoms with Crippen LogP contribution in [0.4, 0.5) is 0 Å². The molecule has 1 N–H and O–H groups in total. The first-order chi connectivity index (χ1) is 12.6. The van der Waals surface area contributed by atoms with E-state index in [2.05, 4.69) is 11.0 Å². The van der Waals surface area contributed by atoms with Gasteiger partial charge in [-0.15, -0.1) is 0 Å². The van der Waals surface area contributed by atoms with Crippen molar-refractivity contribution in [3.05, 3.63) is 29.8 Å². The van der Waals surface area contributed by atoms with Crippen LogP contribution < -0.4 is 4.74 Å². The van der Waals surface area contributed by atoms with E-state index in [1.165, 1.54) is 0 Å². The number of aliphatic hydroxyl groups is 1. The predicted molar refractivity (Wildman–Crippen MR) is 97.7 cm³/mol. The molecule has 2 aliphatic heterocycles. The van der Waals surface area contributed by atoms with Crippen LogP contribution in [0.25, 0.3) is 0 Å². The van der Waals surface area contributed by atoms with Crippen LogP contribution >= 0.6 is 0 Å². The molecule has 1 aromatic carbocycles. The van der Waals surface area contributed by atoms with Gasteiger partial charge in [-0.3, -0.25) is 9.69 Å². The molecule has 2 bridgehead atoms. The summed E-state index contributed by atoms with van der Waals surface area (Å²) in [6.07, 6.45) is 3.11. The van der Waals surface area contributed by atoms with Gasteiger partial charge < -0.3 is 14.7 Å². The van der Waals surface area contributed by atoms with Crippen LogP contribution in [0.2, 0.25) is 0 Å². The first-order valence-corrected chi connectivity index (χ1v) is 9.45. The monoisotopic (exact) mass is 357 g/mol. The number of likely N-dealkylation sites (tertiary alicyclic amines) is 1. The zero-order valence-electron chi connectivity index (χ0n) is 15.3. The molecule has 2 fully saturated rings. The van der Waals surface area contributed by atoms with Crippen molar-refractivity contribution in [2.24, 2.45) is 0 Å². The number of rotatable bonds is 7. The number of carbonyl (C=O) groups is 1. The Kier molecular flexibility index (Phi) is 6.12. The van der Waals surface area contributed by atoms with Gasteiger partial charge in [0.05, 0.1) is 11.6 Å². The van der Waals surface area contributed by atoms with E-state index in [1.807, 2.05) is 11.8 Å². The van der Waals surface area contributed by atoms with Crippen molar-refractivity contribution < 1.29 is 14.6 Å². The Morgan fingerprint density at radius 2 is 1.96 bits per heavy atom. The Morgan fingerprint density at radius 3 is 2.54 bits per heavy atom. The van der Waals surface area contributed by atoms with Crippen LogP contribution in [-0.4, -0.2) is 65.2 Å². The number of nitrogens with zero attached hydrogens (tertiary/aromatic N) is 3. The van der Waals surface area contributed by atoms with E-state index in [1.54, 1.807) is 24.3 Å². The van der Waals surface area contributed by atoms with E-state index in [4.69, 9.17) is 10.00 Å². The van der Waals surface area contributed by atoms with Crippen molar-refractivity contribution in [2.45, 2.75) is 50.8 Å². The van der Waals surface area contributed by atoms with Crippen molar-refractivity contribution in [1.29, 1.82) is 5.26 Å². The van der Waals surface area contributed by atoms with E-state index in [0.29, 0.717) is 36.4 Å². The van der Waals surface area contributed by atoms with Crippen LogP contribution in [0.15, 0.2) is 24.3 Å². The quantitative estimate of drug-likeness (QED) is 0.805. The number of carbonyl (C=O) groups excluding carboxylic acids is 1. The maximum atomic E-state index is 12.2. The maximum Gasteiger partial charge on any atom is 0.222 e. The van der Waals surface area contributed by atoms with Crippen molar-refractivity contribution in [2.75, 3.05) is 26.2 Å². The summed E-state index contributed by atoms with van der Waals surface area (Å²) in [5.74, 6) is 0.912. The molecule has 3 rings (SSSR count). The highest BCUT2D eigenvalue weighted by Gasteiger charge is 2.41. The van der Waals surface area contributed by atoms with Gasteiger partial charge in [-0.1, -0.05) is 6.92 Å². The molecule has 26 heavy (non-hydrogen) atoms. The van der Waals surface area contributed by atoms with Crippen LogP contribution in [0.1, 0.15) is 38.2 Å². The van der Waals surface area contributed by atoms with Gasteiger partial charge in [0.15, 0.2) is 0 Å². The highest BCUT2D eigenvalue weighted by atomic mass is 16.5. The molecular weight excluding hydrogens is 330 g/mol. The second-order valence-electron chi connectivity index (χ2n) is 7.23. The Balaban J connectivity index is 1.48. The number of aliphatic hydroxyl groups excluding tert-OH is 1. The number of fused-ring (bicyclic) bond motifs is 2. The van der Waals surface area contributed by atoms with E-state index >= 15 is 0 Å². The Hall–Kier alpha value is -2.10. The molecule has 140 valence electrons. The zero-order valence-corrected chi connectivity index (χ0v) is 15.3. The second-order valence-corrected chi connectivity index (χ2v) is 7.23. The largest absolute Gasteiger partial charge is 0.491 e. The lowest BCUT2D eigenvalue weighted by molar-refractivity contribution is -0.135. The van der Waals surface area contributed by atoms with Crippen molar-refractivity contribution in [3.63, 3.8) is 0 Å². The molecule has 6 heteroatoms. The average Bonchev–Trinajstić information content (AvgIpc) is 2.88. The van der Waals surface area contributed by atoms with Gasteiger partial charge >= 0.3 is 0 Å². The van der Waals surface area contributed by atoms with Gasteiger partial charge in [-0.25, -0.2) is 0 Å². The fourth-order valence-electron chi connectivity index (χ4n) is 3.98. The van der Waals surface area contributed by atoms with Gasteiger partial charge in [0.2, 0.25) is 5.91 Å². The lowest BCUT2D eigenvalue weighted by Crippen LogP contribution is -2.57. The summed E-state index contributed by atoms with van der Waals surface area (Å²) < 4.78 is 5.64. The zero-order chi connectivity index (χ0) is 18.5. The third-order valence-electron chi connectivity index (χ3n) is 5.30. The molecule has 2 saturated heterocycles. The molecule has 6 nitrogen and oxygen atoms in total. The van der Waals surface area contributed by atoms with Crippen molar-refractivity contribution >= 4 is 5.91 Å². The van der Waals surface area contributed by atoms with Crippen LogP contribution in [-0.2, 0) is 4.79 Å². The SMILES string of the molecule is CCCC(=O)N1CC2CCC(C1)N2CC(O)COc1ccc(C#N)cc1. The van der Waals surface area contributed by atoms with E-state index in [-0.39, 0.29) is 12.5 Å². The van der Waals surface area contributed by atoms with Gasteiger partial charge in [-0.2, -0.15) is 5.26 Å². The molecule has 1 amide bonds. The predicted octanol–water partition coefficient (Wildman–Crippen LogP) is 1.77. The van der Waals surface area contributed by atoms with Crippen LogP contribution in [0, 0.1) is 11.3 Å². The molecule has 0 radical (unpaired) electrons. The third kappa shape index (κ3) is 4.35. The Morgan fingerprint density at radius 1 is 1.31 bits per heavy atom. The number of hydrogen-bond acceptors (Lipinski definition) is 5. The first-order valence-electron chi connectivity index (χ1n) is 9.45. The smallest absolute Gasteiger partial charge is 0.222 e. The summed E-state index contributed by atoms with van der Waals surface area (Å²) in [6.45, 7) is 4.38. The van der Waals surface area contributed by atoms with Crippen LogP contribution in [0.3, 0.4) is 0 Å². The van der Waals surface area contributed by atoms with Gasteiger partial charge in [0.1, 0.15) is 18.5 Å². The van der Waals surface area contributed by atoms with Crippen molar-refractivity contribution in [1.82, 2.24) is 9.80 Å². The minimum atomic E-state index is -0.577. The van der Waals surface area contributed by atoms with E-state index in [9.17, 15) is 9.90 Å². The molecule has 3 unspecified atom stereocenters. The highest BCUT2D eigenvalue weighted by molar-refractivity contribution is 5.76. The number of ether oxygens (including phenoxy) is 1. The summed E-state index contributed by atoms with van der Waals surface area (Å²) in [4.78, 5) is 16.5. The van der Waals surface area contributed by atoms with E-state index in [0.717, 1.165) is 32.4 Å². The minimum absolute atomic E-state index is 0.223. The maximum absolute atomic E-state index is 12.2. The number of amides is 1. The lowest BCUT2D eigenvalue weighted by atomic mass is 10.1. The normalized spacial score (nSPS) is 23.5. The molecular formula is C20H27N3O3. The molecule has 3 atom stereocenters. The van der Waals surface area contributed by atoms with E-state index < -0.39 is 6.10 Å². The molecule has 2 aliphatic rings. The second kappa shape index (κ2) is 8.52. The molecule has 0 saturated carbocycles. The summed E-state index contributed by atoms with van der Waals surface area (Å²) in [5, 5.41) is 19.2. The minimum Gasteiger partial charge on any atom is -0.491 e. The molecule has 0 spiro atoms. The van der Waals surface area contributed by atoms with Gasteiger partial charge in [0, 0.05) is 38.1 Å². The fraction of sp³-hybridized carbons (Fsp3) is 0.600. The summed E-state index contributed by atoms with van der Waals surface area (Å²) in [5.41, 5.74) is 0.588. The molecule has 1 aromatic rings. The van der Waals surface area contributed by atoms with Gasteiger partial charge in [0.25, 0.3) is 0 Å². The molecule has 0 aliphatic carbocycles. The number of nitriles is 1. The fourth-order valence-corrected chi connectivity index (χ4v) is 3.98. The summed E-state index contributed by atoms with van der Waals surface area (Å²) in [7, 11) is 0. The van der Waals surface area contributed by atoms with Crippen molar-refractivity contribution in [3.8, 4) is 11.8 Å². The standard InChI is InChI=1S/C20H27N3O3/c1-2-3-20(25)22-11-16-6-7-17(12-22)23(16)13-18(24)14-26-19-8-4-15(10-21)5-9-19/h4-5,8-9,16-18,24H,2-3,6-7,11-14H2,1H3. The number of hydrogen-bond donors (Lipinski definition) is 1. The number of piperazine rings is 1. The Labute approximate surface area is 155 Å². The average molecular weight is 357 g/mol. The van der Waals surface area contributed by atoms with Crippen LogP contribution in [0.5, 0.6) is 5.75 Å². The lowest BCUT2D eigenvalue weighted by Gasteiger charge is -2.41. The third-order valence-corrected chi connectivity index (χ3v) is 5.30.